The molecule has 0 amide bonds. The van der Waals surface area contributed by atoms with Crippen LogP contribution in [-0.4, -0.2) is 24.3 Å². The highest BCUT2D eigenvalue weighted by Gasteiger charge is 2.74. The second-order valence-corrected chi connectivity index (χ2v) is 2.83. The molecule has 2 aliphatic heterocycles. The van der Waals surface area contributed by atoms with Crippen LogP contribution in [0.2, 0.25) is 0 Å². The first kappa shape index (κ1) is 6.31. The first-order valence-electron chi connectivity index (χ1n) is 3.59. The van der Waals surface area contributed by atoms with Gasteiger partial charge in [0, 0.05) is 6.42 Å². The Morgan fingerprint density at radius 3 is 2.90 bits per heavy atom. The largest absolute Gasteiger partial charge is 0.341 e. The average Bonchev–Trinajstić information content (AvgIpc) is 2.51. The highest BCUT2D eigenvalue weighted by Crippen LogP contribution is 2.56. The SMILES string of the molecule is CCC12CCOC1(C=O)O2. The summed E-state index contributed by atoms with van der Waals surface area (Å²) in [4.78, 5) is 10.5. The number of rotatable bonds is 2. The van der Waals surface area contributed by atoms with Gasteiger partial charge in [0.05, 0.1) is 6.61 Å². The summed E-state index contributed by atoms with van der Waals surface area (Å²) in [5, 5.41) is 0. The van der Waals surface area contributed by atoms with Gasteiger partial charge in [0.25, 0.3) is 5.79 Å². The molecule has 2 rings (SSSR count). The van der Waals surface area contributed by atoms with Crippen molar-refractivity contribution in [2.75, 3.05) is 6.61 Å². The minimum atomic E-state index is -0.832. The molecule has 3 heteroatoms. The topological polar surface area (TPSA) is 38.8 Å². The molecule has 0 aromatic rings. The summed E-state index contributed by atoms with van der Waals surface area (Å²) in [6, 6.07) is 0. The van der Waals surface area contributed by atoms with Gasteiger partial charge >= 0.3 is 0 Å². The normalized spacial score (nSPS) is 50.5. The molecule has 0 aromatic heterocycles. The number of fused-ring (bicyclic) bond motifs is 1. The standard InChI is InChI=1S/C7H10O3/c1-2-6-3-4-9-7(6,5-8)10-6/h5H,2-4H2,1H3. The van der Waals surface area contributed by atoms with Crippen LogP contribution in [0.5, 0.6) is 0 Å². The van der Waals surface area contributed by atoms with E-state index in [1.54, 1.807) is 0 Å². The molecule has 0 aliphatic carbocycles. The van der Waals surface area contributed by atoms with Gasteiger partial charge in [-0.25, -0.2) is 0 Å². The number of epoxide rings is 1. The molecular formula is C7H10O3. The summed E-state index contributed by atoms with van der Waals surface area (Å²) in [6.45, 7) is 2.67. The molecule has 0 N–H and O–H groups in total. The highest BCUT2D eigenvalue weighted by atomic mass is 16.8. The number of carbonyl (C=O) groups excluding carboxylic acids is 1. The van der Waals surface area contributed by atoms with Crippen LogP contribution in [0, 0.1) is 0 Å². The van der Waals surface area contributed by atoms with Gasteiger partial charge in [-0.15, -0.1) is 0 Å². The molecule has 2 heterocycles. The molecule has 0 bridgehead atoms. The third-order valence-corrected chi connectivity index (χ3v) is 2.49. The molecule has 0 radical (unpaired) electrons. The number of ether oxygens (including phenoxy) is 2. The quantitative estimate of drug-likeness (QED) is 0.416. The molecular weight excluding hydrogens is 132 g/mol. The van der Waals surface area contributed by atoms with Crippen LogP contribution in [0.1, 0.15) is 19.8 Å². The maximum absolute atomic E-state index is 10.5. The second-order valence-electron chi connectivity index (χ2n) is 2.83. The van der Waals surface area contributed by atoms with E-state index >= 15 is 0 Å². The molecule has 0 spiro atoms. The Bertz CT molecular complexity index is 180. The van der Waals surface area contributed by atoms with Crippen LogP contribution in [-0.2, 0) is 14.3 Å². The molecule has 2 atom stereocenters. The summed E-state index contributed by atoms with van der Waals surface area (Å²) in [6.07, 6.45) is 2.51. The van der Waals surface area contributed by atoms with Crippen molar-refractivity contribution in [3.63, 3.8) is 0 Å². The third kappa shape index (κ3) is 0.466. The maximum atomic E-state index is 10.5. The van der Waals surface area contributed by atoms with Gasteiger partial charge in [0.2, 0.25) is 0 Å². The van der Waals surface area contributed by atoms with Crippen molar-refractivity contribution in [1.82, 2.24) is 0 Å². The van der Waals surface area contributed by atoms with Crippen molar-refractivity contribution >= 4 is 6.29 Å². The fourth-order valence-corrected chi connectivity index (χ4v) is 1.68. The predicted octanol–water partition coefficient (Wildman–Crippen LogP) is 0.481. The van der Waals surface area contributed by atoms with Gasteiger partial charge in [-0.1, -0.05) is 6.92 Å². The smallest absolute Gasteiger partial charge is 0.256 e. The Hall–Kier alpha value is -0.410. The zero-order valence-electron chi connectivity index (χ0n) is 5.92. The molecule has 2 saturated heterocycles. The minimum absolute atomic E-state index is 0.241. The first-order chi connectivity index (χ1) is 4.79. The van der Waals surface area contributed by atoms with E-state index in [4.69, 9.17) is 9.47 Å². The monoisotopic (exact) mass is 142 g/mol. The lowest BCUT2D eigenvalue weighted by Crippen LogP contribution is -2.21. The number of hydrogen-bond acceptors (Lipinski definition) is 3. The molecule has 56 valence electrons. The Balaban J connectivity index is 2.23. The predicted molar refractivity (Wildman–Crippen MR) is 33.5 cm³/mol. The van der Waals surface area contributed by atoms with E-state index in [1.165, 1.54) is 0 Å². The van der Waals surface area contributed by atoms with Gasteiger partial charge in [0.1, 0.15) is 5.60 Å². The summed E-state index contributed by atoms with van der Waals surface area (Å²) < 4.78 is 10.4. The van der Waals surface area contributed by atoms with Crippen LogP contribution >= 0.6 is 0 Å². The van der Waals surface area contributed by atoms with Crippen LogP contribution in [0.15, 0.2) is 0 Å². The van der Waals surface area contributed by atoms with Gasteiger partial charge in [-0.2, -0.15) is 0 Å². The Labute approximate surface area is 59.3 Å². The summed E-state index contributed by atoms with van der Waals surface area (Å²) in [5.41, 5.74) is -0.241. The Kier molecular flexibility index (Phi) is 1.01. The van der Waals surface area contributed by atoms with Crippen LogP contribution in [0.4, 0.5) is 0 Å². The van der Waals surface area contributed by atoms with Crippen molar-refractivity contribution in [2.24, 2.45) is 0 Å². The molecule has 0 saturated carbocycles. The van der Waals surface area contributed by atoms with E-state index < -0.39 is 5.79 Å². The molecule has 2 fully saturated rings. The van der Waals surface area contributed by atoms with Gasteiger partial charge in [-0.05, 0) is 6.42 Å². The first-order valence-corrected chi connectivity index (χ1v) is 3.59. The van der Waals surface area contributed by atoms with Crippen LogP contribution < -0.4 is 0 Å². The van der Waals surface area contributed by atoms with E-state index in [0.29, 0.717) is 6.61 Å². The lowest BCUT2D eigenvalue weighted by atomic mass is 9.99. The van der Waals surface area contributed by atoms with Crippen molar-refractivity contribution < 1.29 is 14.3 Å². The van der Waals surface area contributed by atoms with E-state index in [-0.39, 0.29) is 5.60 Å². The lowest BCUT2D eigenvalue weighted by Gasteiger charge is -1.98. The van der Waals surface area contributed by atoms with Crippen molar-refractivity contribution in [2.45, 2.75) is 31.2 Å². The third-order valence-electron chi connectivity index (χ3n) is 2.49. The van der Waals surface area contributed by atoms with Crippen molar-refractivity contribution in [1.29, 1.82) is 0 Å². The van der Waals surface area contributed by atoms with Crippen LogP contribution in [0.25, 0.3) is 0 Å². The zero-order valence-corrected chi connectivity index (χ0v) is 5.92. The lowest BCUT2D eigenvalue weighted by molar-refractivity contribution is -0.128. The highest BCUT2D eigenvalue weighted by molar-refractivity contribution is 5.68. The average molecular weight is 142 g/mol. The summed E-state index contributed by atoms with van der Waals surface area (Å²) in [5.74, 6) is -0.832. The molecule has 0 aromatic carbocycles. The van der Waals surface area contributed by atoms with E-state index in [1.807, 2.05) is 6.92 Å². The maximum Gasteiger partial charge on any atom is 0.256 e. The number of aldehydes is 1. The molecule has 10 heavy (non-hydrogen) atoms. The fourth-order valence-electron chi connectivity index (χ4n) is 1.68. The van der Waals surface area contributed by atoms with E-state index in [2.05, 4.69) is 0 Å². The Morgan fingerprint density at radius 2 is 2.50 bits per heavy atom. The molecule has 2 aliphatic rings. The summed E-state index contributed by atoms with van der Waals surface area (Å²) >= 11 is 0. The number of hydrogen-bond donors (Lipinski definition) is 0. The van der Waals surface area contributed by atoms with Gasteiger partial charge in [0.15, 0.2) is 6.29 Å². The second kappa shape index (κ2) is 1.60. The van der Waals surface area contributed by atoms with E-state index in [0.717, 1.165) is 19.1 Å². The Morgan fingerprint density at radius 1 is 1.70 bits per heavy atom. The van der Waals surface area contributed by atoms with Gasteiger partial charge < -0.3 is 9.47 Å². The zero-order chi connectivity index (χ0) is 7.24. The van der Waals surface area contributed by atoms with Gasteiger partial charge in [-0.3, -0.25) is 4.79 Å². The fraction of sp³-hybridized carbons (Fsp3) is 0.857. The van der Waals surface area contributed by atoms with Crippen LogP contribution in [0.3, 0.4) is 0 Å². The van der Waals surface area contributed by atoms with Crippen molar-refractivity contribution in [3.8, 4) is 0 Å². The van der Waals surface area contributed by atoms with E-state index in [9.17, 15) is 4.79 Å². The number of carbonyl (C=O) groups is 1. The summed E-state index contributed by atoms with van der Waals surface area (Å²) in [7, 11) is 0. The minimum Gasteiger partial charge on any atom is -0.341 e. The molecule has 3 nitrogen and oxygen atoms in total. The molecule has 2 unspecified atom stereocenters. The van der Waals surface area contributed by atoms with Crippen molar-refractivity contribution in [3.05, 3.63) is 0 Å².